The van der Waals surface area contributed by atoms with Crippen molar-refractivity contribution in [3.05, 3.63) is 31.8 Å². The van der Waals surface area contributed by atoms with Crippen LogP contribution < -0.4 is 0 Å². The zero-order valence-corrected chi connectivity index (χ0v) is 11.0. The van der Waals surface area contributed by atoms with Gasteiger partial charge in [-0.2, -0.15) is 0 Å². The molecule has 72 valence electrons. The van der Waals surface area contributed by atoms with Crippen molar-refractivity contribution in [2.24, 2.45) is 0 Å². The third-order valence-corrected chi connectivity index (χ3v) is 4.31. The highest BCUT2D eigenvalue weighted by Gasteiger charge is 2.09. The maximum absolute atomic E-state index is 5.74. The predicted molar refractivity (Wildman–Crippen MR) is 67.8 cm³/mol. The second-order valence-corrected chi connectivity index (χ2v) is 5.44. The third-order valence-electron chi connectivity index (χ3n) is 1.82. The topological polar surface area (TPSA) is 25.8 Å². The molecule has 0 bridgehead atoms. The van der Waals surface area contributed by atoms with Gasteiger partial charge in [0.05, 0.1) is 0 Å². The lowest BCUT2D eigenvalue weighted by Crippen LogP contribution is -1.85. The van der Waals surface area contributed by atoms with Crippen molar-refractivity contribution in [3.8, 4) is 10.6 Å². The lowest BCUT2D eigenvalue weighted by atomic mass is 10.1. The molecule has 0 aliphatic rings. The number of rotatable bonds is 1. The van der Waals surface area contributed by atoms with Gasteiger partial charge in [-0.05, 0) is 46.7 Å². The molecule has 0 N–H and O–H groups in total. The fourth-order valence-electron chi connectivity index (χ4n) is 1.13. The molecule has 14 heavy (non-hydrogen) atoms. The van der Waals surface area contributed by atoms with E-state index in [0.717, 1.165) is 10.6 Å². The normalized spacial score (nSPS) is 10.5. The van der Waals surface area contributed by atoms with Crippen LogP contribution in [0.1, 0.15) is 5.56 Å². The number of halogens is 2. The van der Waals surface area contributed by atoms with Gasteiger partial charge in [-0.3, -0.25) is 0 Å². The van der Waals surface area contributed by atoms with Gasteiger partial charge >= 0.3 is 0 Å². The van der Waals surface area contributed by atoms with Gasteiger partial charge in [0.1, 0.15) is 5.01 Å². The minimum absolute atomic E-state index is 0.484. The molecule has 1 heterocycles. The van der Waals surface area contributed by atoms with Crippen LogP contribution in [-0.2, 0) is 0 Å². The van der Waals surface area contributed by atoms with Gasteiger partial charge in [-0.1, -0.05) is 29.5 Å². The van der Waals surface area contributed by atoms with Gasteiger partial charge in [0.2, 0.25) is 4.47 Å². The average molecular weight is 337 g/mol. The molecule has 2 aromatic rings. The standard InChI is InChI=1S/C9H6ClIN2S/c1-5-3-2-4-6(7(5)11)8-12-13-9(10)14-8/h2-4H,1H3. The molecule has 2 nitrogen and oxygen atoms in total. The van der Waals surface area contributed by atoms with Gasteiger partial charge in [0.15, 0.2) is 0 Å². The van der Waals surface area contributed by atoms with E-state index in [4.69, 9.17) is 11.6 Å². The molecule has 0 saturated heterocycles. The maximum Gasteiger partial charge on any atom is 0.207 e. The van der Waals surface area contributed by atoms with Crippen molar-refractivity contribution in [3.63, 3.8) is 0 Å². The van der Waals surface area contributed by atoms with Crippen LogP contribution in [0, 0.1) is 10.5 Å². The van der Waals surface area contributed by atoms with E-state index in [0.29, 0.717) is 4.47 Å². The molecular weight excluding hydrogens is 331 g/mol. The molecule has 0 saturated carbocycles. The Kier molecular flexibility index (Phi) is 3.04. The summed E-state index contributed by atoms with van der Waals surface area (Å²) >= 11 is 9.46. The zero-order chi connectivity index (χ0) is 10.1. The Bertz CT molecular complexity index is 470. The molecule has 2 rings (SSSR count). The average Bonchev–Trinajstić information content (AvgIpc) is 2.57. The molecule has 1 aromatic carbocycles. The SMILES string of the molecule is Cc1cccc(-c2nnc(Cl)s2)c1I. The Hall–Kier alpha value is -0.200. The summed E-state index contributed by atoms with van der Waals surface area (Å²) in [6.07, 6.45) is 0. The monoisotopic (exact) mass is 336 g/mol. The minimum Gasteiger partial charge on any atom is -0.137 e. The fourth-order valence-corrected chi connectivity index (χ4v) is 2.78. The molecule has 0 aliphatic carbocycles. The number of hydrogen-bond acceptors (Lipinski definition) is 3. The lowest BCUT2D eigenvalue weighted by molar-refractivity contribution is 1.09. The summed E-state index contributed by atoms with van der Waals surface area (Å²) in [6.45, 7) is 2.08. The van der Waals surface area contributed by atoms with E-state index in [1.54, 1.807) is 0 Å². The highest BCUT2D eigenvalue weighted by atomic mass is 127. The van der Waals surface area contributed by atoms with Crippen LogP contribution in [0.4, 0.5) is 0 Å². The molecule has 0 atom stereocenters. The Balaban J connectivity index is 2.57. The van der Waals surface area contributed by atoms with E-state index in [2.05, 4.69) is 45.8 Å². The first-order valence-electron chi connectivity index (χ1n) is 3.93. The van der Waals surface area contributed by atoms with Crippen LogP contribution >= 0.6 is 45.5 Å². The number of benzene rings is 1. The van der Waals surface area contributed by atoms with Crippen LogP contribution in [0.15, 0.2) is 18.2 Å². The molecular formula is C9H6ClIN2S. The minimum atomic E-state index is 0.484. The first kappa shape index (κ1) is 10.3. The first-order chi connectivity index (χ1) is 6.68. The predicted octanol–water partition coefficient (Wildman–Crippen LogP) is 3.77. The van der Waals surface area contributed by atoms with E-state index < -0.39 is 0 Å². The van der Waals surface area contributed by atoms with Crippen LogP contribution in [-0.4, -0.2) is 10.2 Å². The van der Waals surface area contributed by atoms with Gasteiger partial charge in [0.25, 0.3) is 0 Å². The third kappa shape index (κ3) is 1.92. The number of hydrogen-bond donors (Lipinski definition) is 0. The zero-order valence-electron chi connectivity index (χ0n) is 7.29. The van der Waals surface area contributed by atoms with Crippen LogP contribution in [0.2, 0.25) is 4.47 Å². The van der Waals surface area contributed by atoms with Gasteiger partial charge in [-0.15, -0.1) is 10.2 Å². The molecule has 0 aliphatic heterocycles. The Morgan fingerprint density at radius 3 is 2.79 bits per heavy atom. The smallest absolute Gasteiger partial charge is 0.137 e. The molecule has 1 aromatic heterocycles. The molecule has 5 heteroatoms. The summed E-state index contributed by atoms with van der Waals surface area (Å²) in [5.41, 5.74) is 2.35. The highest BCUT2D eigenvalue weighted by molar-refractivity contribution is 14.1. The molecule has 0 radical (unpaired) electrons. The molecule has 0 fully saturated rings. The largest absolute Gasteiger partial charge is 0.207 e. The second kappa shape index (κ2) is 4.12. The van der Waals surface area contributed by atoms with Crippen molar-refractivity contribution in [1.29, 1.82) is 0 Å². The van der Waals surface area contributed by atoms with Crippen molar-refractivity contribution >= 4 is 45.5 Å². The summed E-state index contributed by atoms with van der Waals surface area (Å²) in [5, 5.41) is 8.69. The Labute approximate surface area is 104 Å². The van der Waals surface area contributed by atoms with E-state index in [-0.39, 0.29) is 0 Å². The number of aryl methyl sites for hydroxylation is 1. The quantitative estimate of drug-likeness (QED) is 0.741. The number of nitrogens with zero attached hydrogens (tertiary/aromatic N) is 2. The Morgan fingerprint density at radius 2 is 2.14 bits per heavy atom. The fraction of sp³-hybridized carbons (Fsp3) is 0.111. The van der Waals surface area contributed by atoms with E-state index in [9.17, 15) is 0 Å². The summed E-state index contributed by atoms with van der Waals surface area (Å²) in [4.78, 5) is 0. The van der Waals surface area contributed by atoms with Crippen molar-refractivity contribution in [1.82, 2.24) is 10.2 Å². The summed E-state index contributed by atoms with van der Waals surface area (Å²) < 4.78 is 1.69. The van der Waals surface area contributed by atoms with Gasteiger partial charge < -0.3 is 0 Å². The first-order valence-corrected chi connectivity index (χ1v) is 6.20. The summed E-state index contributed by atoms with van der Waals surface area (Å²) in [5.74, 6) is 0. The lowest BCUT2D eigenvalue weighted by Gasteiger charge is -2.02. The molecule has 0 unspecified atom stereocenters. The maximum atomic E-state index is 5.74. The van der Waals surface area contributed by atoms with Crippen LogP contribution in [0.25, 0.3) is 10.6 Å². The highest BCUT2D eigenvalue weighted by Crippen LogP contribution is 2.30. The van der Waals surface area contributed by atoms with E-state index in [1.807, 2.05) is 12.1 Å². The van der Waals surface area contributed by atoms with E-state index in [1.165, 1.54) is 20.5 Å². The summed E-state index contributed by atoms with van der Waals surface area (Å²) in [7, 11) is 0. The summed E-state index contributed by atoms with van der Waals surface area (Å²) in [6, 6.07) is 6.13. The Morgan fingerprint density at radius 1 is 1.36 bits per heavy atom. The van der Waals surface area contributed by atoms with E-state index >= 15 is 0 Å². The molecule has 0 amide bonds. The van der Waals surface area contributed by atoms with Crippen molar-refractivity contribution < 1.29 is 0 Å². The van der Waals surface area contributed by atoms with Gasteiger partial charge in [0, 0.05) is 9.13 Å². The van der Waals surface area contributed by atoms with Crippen molar-refractivity contribution in [2.45, 2.75) is 6.92 Å². The number of aromatic nitrogens is 2. The van der Waals surface area contributed by atoms with Crippen LogP contribution in [0.5, 0.6) is 0 Å². The molecule has 0 spiro atoms. The van der Waals surface area contributed by atoms with Crippen LogP contribution in [0.3, 0.4) is 0 Å². The van der Waals surface area contributed by atoms with Crippen molar-refractivity contribution in [2.75, 3.05) is 0 Å². The second-order valence-electron chi connectivity index (χ2n) is 2.80. The van der Waals surface area contributed by atoms with Gasteiger partial charge in [-0.25, -0.2) is 0 Å².